The first-order chi connectivity index (χ1) is 13.2. The molecule has 0 fully saturated rings. The number of anilines is 1. The highest BCUT2D eigenvalue weighted by atomic mass is 35.5. The molecule has 0 aliphatic carbocycles. The van der Waals surface area contributed by atoms with Gasteiger partial charge in [-0.3, -0.25) is 4.79 Å². The number of sulfone groups is 1. The van der Waals surface area contributed by atoms with Crippen LogP contribution in [0.2, 0.25) is 10.0 Å². The molecule has 0 heterocycles. The molecule has 0 bridgehead atoms. The maximum Gasteiger partial charge on any atom is 0.259 e. The fourth-order valence-electron chi connectivity index (χ4n) is 2.50. The number of nitrogens with one attached hydrogen (secondary N) is 1. The molecule has 0 aliphatic rings. The number of amides is 1. The molecule has 0 saturated carbocycles. The van der Waals surface area contributed by atoms with Gasteiger partial charge in [0.25, 0.3) is 5.91 Å². The first kappa shape index (κ1) is 20.2. The summed E-state index contributed by atoms with van der Waals surface area (Å²) >= 11 is 12.0. The number of carbonyl (C=O) groups excluding carboxylic acids is 1. The molecule has 0 unspecified atom stereocenters. The van der Waals surface area contributed by atoms with Gasteiger partial charge in [0.1, 0.15) is 5.75 Å². The van der Waals surface area contributed by atoms with Crippen molar-refractivity contribution in [2.45, 2.75) is 16.7 Å². The van der Waals surface area contributed by atoms with Gasteiger partial charge in [-0.05, 0) is 55.5 Å². The summed E-state index contributed by atoms with van der Waals surface area (Å²) in [4.78, 5) is 12.5. The second kappa shape index (κ2) is 7.83. The predicted octanol–water partition coefficient (Wildman–Crippen LogP) is 5.09. The lowest BCUT2D eigenvalue weighted by atomic mass is 10.2. The normalized spacial score (nSPS) is 11.2. The highest BCUT2D eigenvalue weighted by Gasteiger charge is 2.20. The van der Waals surface area contributed by atoms with E-state index in [0.29, 0.717) is 0 Å². The number of phenolic OH excluding ortho intramolecular Hbond substituents is 1. The molecular formula is C20H15Cl2NO4S. The Hall–Kier alpha value is -2.54. The summed E-state index contributed by atoms with van der Waals surface area (Å²) in [6, 6.07) is 14.5. The number of phenols is 1. The first-order valence-electron chi connectivity index (χ1n) is 8.09. The lowest BCUT2D eigenvalue weighted by molar-refractivity contribution is 0.102. The van der Waals surface area contributed by atoms with Gasteiger partial charge in [-0.15, -0.1) is 0 Å². The van der Waals surface area contributed by atoms with Crippen molar-refractivity contribution in [3.63, 3.8) is 0 Å². The minimum Gasteiger partial charge on any atom is -0.507 e. The van der Waals surface area contributed by atoms with E-state index in [9.17, 15) is 18.3 Å². The molecule has 0 aromatic heterocycles. The van der Waals surface area contributed by atoms with Crippen LogP contribution >= 0.6 is 23.2 Å². The molecule has 2 N–H and O–H groups in total. The third kappa shape index (κ3) is 4.14. The van der Waals surface area contributed by atoms with Crippen molar-refractivity contribution in [1.82, 2.24) is 0 Å². The van der Waals surface area contributed by atoms with E-state index in [1.54, 1.807) is 12.1 Å². The van der Waals surface area contributed by atoms with Crippen LogP contribution in [0.5, 0.6) is 5.75 Å². The van der Waals surface area contributed by atoms with Crippen molar-refractivity contribution >= 4 is 44.6 Å². The molecule has 1 amide bonds. The van der Waals surface area contributed by atoms with Gasteiger partial charge in [0, 0.05) is 5.02 Å². The number of hydrogen-bond acceptors (Lipinski definition) is 4. The molecule has 0 saturated heterocycles. The molecule has 3 rings (SSSR count). The Labute approximate surface area is 172 Å². The van der Waals surface area contributed by atoms with Crippen molar-refractivity contribution in [2.75, 3.05) is 5.32 Å². The zero-order valence-corrected chi connectivity index (χ0v) is 16.9. The number of aromatic hydroxyl groups is 1. The SMILES string of the molecule is Cc1ccc(S(=O)(=O)c2ccc(NC(=O)c3cc(Cl)ccc3O)c(Cl)c2)cc1. The molecule has 3 aromatic rings. The third-order valence-corrected chi connectivity index (χ3v) is 6.35. The van der Waals surface area contributed by atoms with Crippen molar-refractivity contribution in [2.24, 2.45) is 0 Å². The topological polar surface area (TPSA) is 83.5 Å². The number of benzene rings is 3. The molecule has 144 valence electrons. The summed E-state index contributed by atoms with van der Waals surface area (Å²) in [5, 5.41) is 12.7. The van der Waals surface area contributed by atoms with Crippen LogP contribution in [0.4, 0.5) is 5.69 Å². The Morgan fingerprint density at radius 1 is 0.929 bits per heavy atom. The molecule has 5 nitrogen and oxygen atoms in total. The molecule has 0 spiro atoms. The van der Waals surface area contributed by atoms with Gasteiger partial charge in [0.05, 0.1) is 26.1 Å². The van der Waals surface area contributed by atoms with E-state index in [-0.39, 0.29) is 36.8 Å². The highest BCUT2D eigenvalue weighted by molar-refractivity contribution is 7.91. The van der Waals surface area contributed by atoms with Crippen LogP contribution in [0.3, 0.4) is 0 Å². The Bertz CT molecular complexity index is 1160. The second-order valence-electron chi connectivity index (χ2n) is 6.07. The van der Waals surface area contributed by atoms with Gasteiger partial charge in [-0.2, -0.15) is 0 Å². The predicted molar refractivity (Wildman–Crippen MR) is 109 cm³/mol. The van der Waals surface area contributed by atoms with E-state index in [1.807, 2.05) is 6.92 Å². The summed E-state index contributed by atoms with van der Waals surface area (Å²) in [6.45, 7) is 1.86. The number of hydrogen-bond donors (Lipinski definition) is 2. The summed E-state index contributed by atoms with van der Waals surface area (Å²) in [5.74, 6) is -0.868. The standard InChI is InChI=1S/C20H15Cl2NO4S/c1-12-2-5-14(6-3-12)28(26,27)15-7-8-18(17(22)11-15)23-20(25)16-10-13(21)4-9-19(16)24/h2-11,24H,1H3,(H,23,25). The van der Waals surface area contributed by atoms with Crippen LogP contribution in [-0.2, 0) is 9.84 Å². The van der Waals surface area contributed by atoms with E-state index in [2.05, 4.69) is 5.32 Å². The van der Waals surface area contributed by atoms with Crippen molar-refractivity contribution in [1.29, 1.82) is 0 Å². The van der Waals surface area contributed by atoms with E-state index < -0.39 is 15.7 Å². The average Bonchev–Trinajstić information content (AvgIpc) is 2.65. The van der Waals surface area contributed by atoms with Gasteiger partial charge in [0.15, 0.2) is 0 Å². The molecule has 3 aromatic carbocycles. The lowest BCUT2D eigenvalue weighted by Gasteiger charge is -2.11. The van der Waals surface area contributed by atoms with Crippen molar-refractivity contribution < 1.29 is 18.3 Å². The quantitative estimate of drug-likeness (QED) is 0.597. The lowest BCUT2D eigenvalue weighted by Crippen LogP contribution is -2.13. The Balaban J connectivity index is 1.89. The molecule has 0 atom stereocenters. The summed E-state index contributed by atoms with van der Waals surface area (Å²) in [7, 11) is -3.74. The smallest absolute Gasteiger partial charge is 0.259 e. The zero-order valence-electron chi connectivity index (χ0n) is 14.6. The minimum atomic E-state index is -3.74. The molecule has 28 heavy (non-hydrogen) atoms. The number of carbonyl (C=O) groups is 1. The molecule has 0 radical (unpaired) electrons. The molecular weight excluding hydrogens is 421 g/mol. The monoisotopic (exact) mass is 435 g/mol. The maximum absolute atomic E-state index is 12.7. The van der Waals surface area contributed by atoms with Crippen LogP contribution in [0.25, 0.3) is 0 Å². The summed E-state index contributed by atoms with van der Waals surface area (Å²) in [5.41, 5.74) is 1.12. The van der Waals surface area contributed by atoms with Gasteiger partial charge in [-0.25, -0.2) is 8.42 Å². The third-order valence-electron chi connectivity index (χ3n) is 4.03. The fraction of sp³-hybridized carbons (Fsp3) is 0.0500. The first-order valence-corrected chi connectivity index (χ1v) is 10.3. The Morgan fingerprint density at radius 2 is 1.57 bits per heavy atom. The second-order valence-corrected chi connectivity index (χ2v) is 8.87. The minimum absolute atomic E-state index is 0.00459. The maximum atomic E-state index is 12.7. The van der Waals surface area contributed by atoms with Crippen molar-refractivity contribution in [3.8, 4) is 5.75 Å². The Kier molecular flexibility index (Phi) is 5.65. The van der Waals surface area contributed by atoms with Gasteiger partial charge in [-0.1, -0.05) is 40.9 Å². The zero-order chi connectivity index (χ0) is 20.5. The van der Waals surface area contributed by atoms with Crippen LogP contribution in [0.15, 0.2) is 70.5 Å². The largest absolute Gasteiger partial charge is 0.507 e. The molecule has 0 aliphatic heterocycles. The molecule has 8 heteroatoms. The van der Waals surface area contributed by atoms with E-state index in [0.717, 1.165) is 5.56 Å². The van der Waals surface area contributed by atoms with Gasteiger partial charge < -0.3 is 10.4 Å². The van der Waals surface area contributed by atoms with Crippen LogP contribution < -0.4 is 5.32 Å². The van der Waals surface area contributed by atoms with E-state index in [4.69, 9.17) is 23.2 Å². The number of rotatable bonds is 4. The van der Waals surface area contributed by atoms with E-state index in [1.165, 1.54) is 48.5 Å². The van der Waals surface area contributed by atoms with Crippen LogP contribution in [0, 0.1) is 6.92 Å². The Morgan fingerprint density at radius 3 is 2.21 bits per heavy atom. The highest BCUT2D eigenvalue weighted by Crippen LogP contribution is 2.30. The van der Waals surface area contributed by atoms with Crippen molar-refractivity contribution in [3.05, 3.63) is 81.8 Å². The fourth-order valence-corrected chi connectivity index (χ4v) is 4.25. The van der Waals surface area contributed by atoms with Gasteiger partial charge >= 0.3 is 0 Å². The van der Waals surface area contributed by atoms with Gasteiger partial charge in [0.2, 0.25) is 9.84 Å². The average molecular weight is 436 g/mol. The summed E-state index contributed by atoms with van der Waals surface area (Å²) in [6.07, 6.45) is 0. The van der Waals surface area contributed by atoms with E-state index >= 15 is 0 Å². The van der Waals surface area contributed by atoms with Crippen LogP contribution in [0.1, 0.15) is 15.9 Å². The summed E-state index contributed by atoms with van der Waals surface area (Å²) < 4.78 is 25.5. The van der Waals surface area contributed by atoms with Crippen LogP contribution in [-0.4, -0.2) is 19.4 Å². The number of halogens is 2. The number of aryl methyl sites for hydroxylation is 1.